The minimum Gasteiger partial charge on any atom is -0.354 e. The molecule has 0 radical (unpaired) electrons. The van der Waals surface area contributed by atoms with Crippen molar-refractivity contribution >= 4 is 22.8 Å². The maximum atomic E-state index is 13.3. The molecule has 3 aromatic rings. The molecule has 4 rings (SSSR count). The number of carbonyl (C=O) groups is 1. The van der Waals surface area contributed by atoms with Crippen LogP contribution in [0.2, 0.25) is 0 Å². The standard InChI is InChI=1S/C22H25N7O/c1-15(2)29-21-18(14-25-29)12-19(16(3)26-21)22(30)28-9-5-8-27(10-11-28)20-17(13-23)6-4-7-24-20/h4,6-7,12,14-15H,5,8-11H2,1-3H3. The fourth-order valence-electron chi connectivity index (χ4n) is 3.90. The Bertz CT molecular complexity index is 1130. The number of hydrogen-bond donors (Lipinski definition) is 0. The molecule has 0 N–H and O–H groups in total. The molecule has 0 spiro atoms. The lowest BCUT2D eigenvalue weighted by molar-refractivity contribution is 0.0766. The van der Waals surface area contributed by atoms with Crippen molar-refractivity contribution in [2.24, 2.45) is 0 Å². The molecule has 1 aliphatic heterocycles. The molecule has 1 amide bonds. The quantitative estimate of drug-likeness (QED) is 0.668. The van der Waals surface area contributed by atoms with Gasteiger partial charge < -0.3 is 9.80 Å². The van der Waals surface area contributed by atoms with Gasteiger partial charge in [-0.25, -0.2) is 14.6 Å². The molecule has 8 nitrogen and oxygen atoms in total. The zero-order valence-electron chi connectivity index (χ0n) is 17.5. The van der Waals surface area contributed by atoms with Crippen molar-refractivity contribution in [1.29, 1.82) is 5.26 Å². The predicted octanol–water partition coefficient (Wildman–Crippen LogP) is 2.94. The van der Waals surface area contributed by atoms with Gasteiger partial charge in [0.1, 0.15) is 11.9 Å². The van der Waals surface area contributed by atoms with Crippen LogP contribution in [0.1, 0.15) is 47.9 Å². The van der Waals surface area contributed by atoms with Crippen LogP contribution >= 0.6 is 0 Å². The van der Waals surface area contributed by atoms with Gasteiger partial charge in [0.2, 0.25) is 0 Å². The van der Waals surface area contributed by atoms with Crippen molar-refractivity contribution < 1.29 is 4.79 Å². The van der Waals surface area contributed by atoms with E-state index in [0.29, 0.717) is 42.3 Å². The first-order chi connectivity index (χ1) is 14.5. The number of carbonyl (C=O) groups excluding carboxylic acids is 1. The summed E-state index contributed by atoms with van der Waals surface area (Å²) >= 11 is 0. The number of aromatic nitrogens is 4. The van der Waals surface area contributed by atoms with Crippen LogP contribution in [-0.2, 0) is 0 Å². The average Bonchev–Trinajstić information content (AvgIpc) is 3.00. The fourth-order valence-corrected chi connectivity index (χ4v) is 3.90. The van der Waals surface area contributed by atoms with E-state index in [9.17, 15) is 10.1 Å². The SMILES string of the molecule is Cc1nc2c(cnn2C(C)C)cc1C(=O)N1CCCN(c2ncccc2C#N)CC1. The van der Waals surface area contributed by atoms with Gasteiger partial charge in [-0.1, -0.05) is 0 Å². The molecular formula is C22H25N7O. The lowest BCUT2D eigenvalue weighted by atomic mass is 10.1. The van der Waals surface area contributed by atoms with Gasteiger partial charge in [-0.2, -0.15) is 10.4 Å². The van der Waals surface area contributed by atoms with E-state index >= 15 is 0 Å². The van der Waals surface area contributed by atoms with Crippen molar-refractivity contribution in [2.75, 3.05) is 31.1 Å². The molecule has 8 heteroatoms. The van der Waals surface area contributed by atoms with Gasteiger partial charge in [-0.15, -0.1) is 0 Å². The van der Waals surface area contributed by atoms with Crippen LogP contribution in [0.25, 0.3) is 11.0 Å². The maximum Gasteiger partial charge on any atom is 0.255 e. The predicted molar refractivity (Wildman–Crippen MR) is 114 cm³/mol. The average molecular weight is 403 g/mol. The van der Waals surface area contributed by atoms with E-state index in [1.807, 2.05) is 22.6 Å². The van der Waals surface area contributed by atoms with E-state index in [1.165, 1.54) is 0 Å². The molecule has 154 valence electrons. The number of hydrogen-bond acceptors (Lipinski definition) is 6. The number of fused-ring (bicyclic) bond motifs is 1. The Labute approximate surface area is 175 Å². The number of aryl methyl sites for hydroxylation is 1. The van der Waals surface area contributed by atoms with Gasteiger partial charge in [-0.3, -0.25) is 4.79 Å². The summed E-state index contributed by atoms with van der Waals surface area (Å²) in [4.78, 5) is 26.3. The highest BCUT2D eigenvalue weighted by atomic mass is 16.2. The third-order valence-electron chi connectivity index (χ3n) is 5.47. The van der Waals surface area contributed by atoms with Gasteiger partial charge >= 0.3 is 0 Å². The first kappa shape index (κ1) is 19.8. The zero-order valence-corrected chi connectivity index (χ0v) is 17.5. The van der Waals surface area contributed by atoms with Crippen molar-refractivity contribution in [3.05, 3.63) is 47.4 Å². The molecule has 0 aliphatic carbocycles. The van der Waals surface area contributed by atoms with Crippen LogP contribution in [0.5, 0.6) is 0 Å². The summed E-state index contributed by atoms with van der Waals surface area (Å²) in [6.07, 6.45) is 4.28. The normalized spacial score (nSPS) is 14.8. The molecule has 1 fully saturated rings. The highest BCUT2D eigenvalue weighted by Crippen LogP contribution is 2.22. The smallest absolute Gasteiger partial charge is 0.255 e. The summed E-state index contributed by atoms with van der Waals surface area (Å²) in [5.41, 5.74) is 2.70. The molecule has 0 atom stereocenters. The Balaban J connectivity index is 1.56. The molecule has 0 bridgehead atoms. The lowest BCUT2D eigenvalue weighted by Gasteiger charge is -2.23. The summed E-state index contributed by atoms with van der Waals surface area (Å²) in [7, 11) is 0. The van der Waals surface area contributed by atoms with Crippen LogP contribution in [0.3, 0.4) is 0 Å². The minimum absolute atomic E-state index is 0.0115. The zero-order chi connectivity index (χ0) is 21.3. The second kappa shape index (κ2) is 8.11. The Kier molecular flexibility index (Phi) is 5.36. The molecular weight excluding hydrogens is 378 g/mol. The van der Waals surface area contributed by atoms with E-state index in [4.69, 9.17) is 0 Å². The van der Waals surface area contributed by atoms with Gasteiger partial charge in [0.25, 0.3) is 5.91 Å². The van der Waals surface area contributed by atoms with E-state index in [2.05, 4.69) is 39.9 Å². The molecule has 0 saturated carbocycles. The van der Waals surface area contributed by atoms with Crippen LogP contribution < -0.4 is 4.90 Å². The third-order valence-corrected chi connectivity index (χ3v) is 5.47. The highest BCUT2D eigenvalue weighted by molar-refractivity contribution is 5.98. The number of nitrogens with zero attached hydrogens (tertiary/aromatic N) is 7. The van der Waals surface area contributed by atoms with Gasteiger partial charge in [0, 0.05) is 43.8 Å². The number of nitriles is 1. The van der Waals surface area contributed by atoms with E-state index in [0.717, 1.165) is 24.0 Å². The Morgan fingerprint density at radius 2 is 2.07 bits per heavy atom. The first-order valence-electron chi connectivity index (χ1n) is 10.2. The molecule has 30 heavy (non-hydrogen) atoms. The molecule has 1 aliphatic rings. The largest absolute Gasteiger partial charge is 0.354 e. The third kappa shape index (κ3) is 3.59. The van der Waals surface area contributed by atoms with E-state index < -0.39 is 0 Å². The van der Waals surface area contributed by atoms with Crippen molar-refractivity contribution in [3.8, 4) is 6.07 Å². The van der Waals surface area contributed by atoms with Crippen LogP contribution in [0.15, 0.2) is 30.6 Å². The summed E-state index contributed by atoms with van der Waals surface area (Å²) < 4.78 is 1.88. The molecule has 0 aromatic carbocycles. The summed E-state index contributed by atoms with van der Waals surface area (Å²) in [5.74, 6) is 0.678. The Hall–Kier alpha value is -3.47. The second-order valence-corrected chi connectivity index (χ2v) is 7.84. The Morgan fingerprint density at radius 1 is 1.23 bits per heavy atom. The molecule has 3 aromatic heterocycles. The van der Waals surface area contributed by atoms with Crippen molar-refractivity contribution in [1.82, 2.24) is 24.6 Å². The second-order valence-electron chi connectivity index (χ2n) is 7.84. The van der Waals surface area contributed by atoms with Crippen LogP contribution in [0, 0.1) is 18.3 Å². The fraction of sp³-hybridized carbons (Fsp3) is 0.409. The first-order valence-corrected chi connectivity index (χ1v) is 10.2. The summed E-state index contributed by atoms with van der Waals surface area (Å²) in [5, 5.41) is 14.7. The van der Waals surface area contributed by atoms with Gasteiger partial charge in [0.15, 0.2) is 5.65 Å². The van der Waals surface area contributed by atoms with Crippen LogP contribution in [-0.4, -0.2) is 56.7 Å². The number of amides is 1. The molecule has 0 unspecified atom stereocenters. The summed E-state index contributed by atoms with van der Waals surface area (Å²) in [6, 6.07) is 7.86. The number of pyridine rings is 2. The maximum absolute atomic E-state index is 13.3. The number of rotatable bonds is 3. The van der Waals surface area contributed by atoms with E-state index in [1.54, 1.807) is 24.5 Å². The Morgan fingerprint density at radius 3 is 2.83 bits per heavy atom. The molecule has 1 saturated heterocycles. The molecule has 4 heterocycles. The minimum atomic E-state index is -0.0115. The van der Waals surface area contributed by atoms with Crippen molar-refractivity contribution in [3.63, 3.8) is 0 Å². The topological polar surface area (TPSA) is 90.9 Å². The van der Waals surface area contributed by atoms with Crippen molar-refractivity contribution in [2.45, 2.75) is 33.2 Å². The lowest BCUT2D eigenvalue weighted by Crippen LogP contribution is -2.36. The van der Waals surface area contributed by atoms with Gasteiger partial charge in [-0.05, 0) is 45.4 Å². The van der Waals surface area contributed by atoms with E-state index in [-0.39, 0.29) is 11.9 Å². The highest BCUT2D eigenvalue weighted by Gasteiger charge is 2.24. The number of anilines is 1. The monoisotopic (exact) mass is 403 g/mol. The van der Waals surface area contributed by atoms with Crippen LogP contribution in [0.4, 0.5) is 5.82 Å². The van der Waals surface area contributed by atoms with Gasteiger partial charge in [0.05, 0.1) is 23.0 Å². The summed E-state index contributed by atoms with van der Waals surface area (Å²) in [6.45, 7) is 8.62.